The minimum Gasteiger partial charge on any atom is -0.377 e. The molecule has 0 unspecified atom stereocenters. The molecule has 0 aliphatic heterocycles. The highest BCUT2D eigenvalue weighted by molar-refractivity contribution is 7.12. The van der Waals surface area contributed by atoms with E-state index in [4.69, 9.17) is 11.6 Å². The Morgan fingerprint density at radius 3 is 2.94 bits per heavy atom. The quantitative estimate of drug-likeness (QED) is 0.901. The molecule has 2 aromatic heterocycles. The Balaban J connectivity index is 2.12. The van der Waals surface area contributed by atoms with E-state index in [1.54, 1.807) is 11.3 Å². The van der Waals surface area contributed by atoms with Gasteiger partial charge in [-0.1, -0.05) is 11.6 Å². The Morgan fingerprint density at radius 2 is 2.29 bits per heavy atom. The number of anilines is 1. The van der Waals surface area contributed by atoms with E-state index in [0.717, 1.165) is 0 Å². The first-order valence-electron chi connectivity index (χ1n) is 5.11. The highest BCUT2D eigenvalue weighted by atomic mass is 35.5. The van der Waals surface area contributed by atoms with Gasteiger partial charge in [0, 0.05) is 16.3 Å². The molecule has 0 atom stereocenters. The third-order valence-corrected chi connectivity index (χ3v) is 3.99. The van der Waals surface area contributed by atoms with Crippen molar-refractivity contribution in [2.75, 3.05) is 5.32 Å². The minimum atomic E-state index is -0.379. The fourth-order valence-electron chi connectivity index (χ4n) is 1.43. The molecular formula is C11H12ClN3OS. The van der Waals surface area contributed by atoms with Crippen LogP contribution in [0.25, 0.3) is 0 Å². The molecule has 0 radical (unpaired) electrons. The van der Waals surface area contributed by atoms with Gasteiger partial charge in [-0.15, -0.1) is 11.3 Å². The van der Waals surface area contributed by atoms with Crippen LogP contribution < -0.4 is 10.9 Å². The maximum atomic E-state index is 11.2. The molecule has 4 nitrogen and oxygen atoms in total. The van der Waals surface area contributed by atoms with Gasteiger partial charge in [0.25, 0.3) is 5.56 Å². The number of hydrogen-bond donors (Lipinski definition) is 2. The summed E-state index contributed by atoms with van der Waals surface area (Å²) in [6, 6.07) is 2.13. The SMILES string of the molecule is Cc1cc(CNc2cn[nH]c(=O)c2Cl)sc1C. The van der Waals surface area contributed by atoms with E-state index in [2.05, 4.69) is 35.4 Å². The molecule has 6 heteroatoms. The molecule has 2 rings (SSSR count). The van der Waals surface area contributed by atoms with Gasteiger partial charge in [-0.2, -0.15) is 5.10 Å². The summed E-state index contributed by atoms with van der Waals surface area (Å²) in [6.07, 6.45) is 1.51. The van der Waals surface area contributed by atoms with Gasteiger partial charge in [-0.3, -0.25) is 4.79 Å². The number of thiophene rings is 1. The number of hydrogen-bond acceptors (Lipinski definition) is 4. The van der Waals surface area contributed by atoms with Gasteiger partial charge in [-0.25, -0.2) is 5.10 Å². The number of aryl methyl sites for hydroxylation is 2. The zero-order chi connectivity index (χ0) is 12.4. The third kappa shape index (κ3) is 2.68. The van der Waals surface area contributed by atoms with Gasteiger partial charge in [0.2, 0.25) is 0 Å². The summed E-state index contributed by atoms with van der Waals surface area (Å²) >= 11 is 7.58. The van der Waals surface area contributed by atoms with Crippen LogP contribution in [0.4, 0.5) is 5.69 Å². The summed E-state index contributed by atoms with van der Waals surface area (Å²) in [4.78, 5) is 13.7. The largest absolute Gasteiger partial charge is 0.377 e. The molecule has 90 valence electrons. The average molecular weight is 270 g/mol. The first-order valence-corrected chi connectivity index (χ1v) is 6.30. The molecule has 0 aromatic carbocycles. The van der Waals surface area contributed by atoms with Gasteiger partial charge < -0.3 is 5.32 Å². The van der Waals surface area contributed by atoms with Crippen LogP contribution in [0.15, 0.2) is 17.1 Å². The fraction of sp³-hybridized carbons (Fsp3) is 0.273. The van der Waals surface area contributed by atoms with Crippen LogP contribution in [0.3, 0.4) is 0 Å². The average Bonchev–Trinajstić information content (AvgIpc) is 2.61. The maximum Gasteiger partial charge on any atom is 0.285 e. The van der Waals surface area contributed by atoms with Crippen LogP contribution in [0, 0.1) is 13.8 Å². The van der Waals surface area contributed by atoms with Gasteiger partial charge >= 0.3 is 0 Å². The Hall–Kier alpha value is -1.33. The van der Waals surface area contributed by atoms with Crippen LogP contribution >= 0.6 is 22.9 Å². The zero-order valence-electron chi connectivity index (χ0n) is 9.50. The molecule has 2 N–H and O–H groups in total. The number of H-pyrrole nitrogens is 1. The molecule has 2 aromatic rings. The summed E-state index contributed by atoms with van der Waals surface area (Å²) in [5.41, 5.74) is 1.45. The van der Waals surface area contributed by atoms with Crippen LogP contribution in [0.2, 0.25) is 5.02 Å². The van der Waals surface area contributed by atoms with Crippen molar-refractivity contribution in [1.29, 1.82) is 0 Å². The number of nitrogens with zero attached hydrogens (tertiary/aromatic N) is 1. The second kappa shape index (κ2) is 4.89. The van der Waals surface area contributed by atoms with Crippen LogP contribution in [0.1, 0.15) is 15.3 Å². The zero-order valence-corrected chi connectivity index (χ0v) is 11.1. The fourth-order valence-corrected chi connectivity index (χ4v) is 2.58. The first kappa shape index (κ1) is 12.1. The van der Waals surface area contributed by atoms with Crippen molar-refractivity contribution in [3.05, 3.63) is 43.0 Å². The molecule has 0 saturated carbocycles. The summed E-state index contributed by atoms with van der Waals surface area (Å²) in [5.74, 6) is 0. The topological polar surface area (TPSA) is 57.8 Å². The normalized spacial score (nSPS) is 10.5. The van der Waals surface area contributed by atoms with Crippen molar-refractivity contribution < 1.29 is 0 Å². The predicted molar refractivity (Wildman–Crippen MR) is 71.0 cm³/mol. The standard InChI is InChI=1S/C11H12ClN3OS/c1-6-3-8(17-7(6)2)4-13-9-5-14-15-11(16)10(9)12/h3,5H,4H2,1-2H3,(H2,13,15,16). The summed E-state index contributed by atoms with van der Waals surface area (Å²) < 4.78 is 0. The lowest BCUT2D eigenvalue weighted by molar-refractivity contribution is 0.983. The van der Waals surface area contributed by atoms with Crippen molar-refractivity contribution in [3.8, 4) is 0 Å². The molecule has 0 bridgehead atoms. The number of aromatic nitrogens is 2. The predicted octanol–water partition coefficient (Wildman–Crippen LogP) is 2.71. The molecule has 0 spiro atoms. The Labute approximate surface area is 108 Å². The Kier molecular flexibility index (Phi) is 3.49. The molecule has 2 heterocycles. The van der Waals surface area contributed by atoms with E-state index in [-0.39, 0.29) is 10.6 Å². The van der Waals surface area contributed by atoms with Crippen molar-refractivity contribution in [1.82, 2.24) is 10.2 Å². The van der Waals surface area contributed by atoms with Gasteiger partial charge in [0.15, 0.2) is 0 Å². The van der Waals surface area contributed by atoms with Gasteiger partial charge in [0.1, 0.15) is 5.02 Å². The summed E-state index contributed by atoms with van der Waals surface area (Å²) in [6.45, 7) is 4.81. The lowest BCUT2D eigenvalue weighted by Crippen LogP contribution is -2.11. The first-order chi connectivity index (χ1) is 8.08. The number of halogens is 1. The highest BCUT2D eigenvalue weighted by Gasteiger charge is 2.06. The maximum absolute atomic E-state index is 11.2. The lowest BCUT2D eigenvalue weighted by atomic mass is 10.3. The molecule has 0 aliphatic rings. The van der Waals surface area contributed by atoms with E-state index in [9.17, 15) is 4.79 Å². The van der Waals surface area contributed by atoms with E-state index in [1.807, 2.05) is 0 Å². The second-order valence-electron chi connectivity index (χ2n) is 3.73. The molecule has 0 aliphatic carbocycles. The molecule has 17 heavy (non-hydrogen) atoms. The smallest absolute Gasteiger partial charge is 0.285 e. The number of rotatable bonds is 3. The molecular weight excluding hydrogens is 258 g/mol. The second-order valence-corrected chi connectivity index (χ2v) is 5.45. The van der Waals surface area contributed by atoms with Crippen LogP contribution in [-0.4, -0.2) is 10.2 Å². The Morgan fingerprint density at radius 1 is 1.53 bits per heavy atom. The third-order valence-electron chi connectivity index (χ3n) is 2.47. The van der Waals surface area contributed by atoms with E-state index >= 15 is 0 Å². The molecule has 0 saturated heterocycles. The number of nitrogens with one attached hydrogen (secondary N) is 2. The van der Waals surface area contributed by atoms with E-state index in [0.29, 0.717) is 12.2 Å². The Bertz CT molecular complexity index is 571. The highest BCUT2D eigenvalue weighted by Crippen LogP contribution is 2.22. The van der Waals surface area contributed by atoms with Gasteiger partial charge in [-0.05, 0) is 25.5 Å². The minimum absolute atomic E-state index is 0.144. The van der Waals surface area contributed by atoms with Crippen molar-refractivity contribution in [2.24, 2.45) is 0 Å². The van der Waals surface area contributed by atoms with E-state index < -0.39 is 0 Å². The summed E-state index contributed by atoms with van der Waals surface area (Å²) in [5, 5.41) is 9.23. The van der Waals surface area contributed by atoms with Crippen LogP contribution in [-0.2, 0) is 6.54 Å². The van der Waals surface area contributed by atoms with Gasteiger partial charge in [0.05, 0.1) is 11.9 Å². The molecule has 0 amide bonds. The summed E-state index contributed by atoms with van der Waals surface area (Å²) in [7, 11) is 0. The lowest BCUT2D eigenvalue weighted by Gasteiger charge is -2.04. The number of aromatic amines is 1. The van der Waals surface area contributed by atoms with E-state index in [1.165, 1.54) is 21.5 Å². The molecule has 0 fully saturated rings. The monoisotopic (exact) mass is 269 g/mol. The van der Waals surface area contributed by atoms with Crippen molar-refractivity contribution in [2.45, 2.75) is 20.4 Å². The van der Waals surface area contributed by atoms with Crippen molar-refractivity contribution in [3.63, 3.8) is 0 Å². The van der Waals surface area contributed by atoms with Crippen molar-refractivity contribution >= 4 is 28.6 Å². The van der Waals surface area contributed by atoms with Crippen LogP contribution in [0.5, 0.6) is 0 Å².